The van der Waals surface area contributed by atoms with Gasteiger partial charge in [0.15, 0.2) is 0 Å². The normalized spacial score (nSPS) is 0. The van der Waals surface area contributed by atoms with Crippen molar-refractivity contribution in [3.05, 3.63) is 0 Å². The van der Waals surface area contributed by atoms with Crippen LogP contribution in [-0.2, 0) is 0 Å². The molecule has 0 aromatic heterocycles. The van der Waals surface area contributed by atoms with Crippen LogP contribution in [0.1, 0.15) is 0 Å². The van der Waals surface area contributed by atoms with E-state index in [1.165, 1.54) is 0 Å². The number of hydrogen-bond donors (Lipinski definition) is 0. The Labute approximate surface area is 252 Å². The minimum atomic E-state index is 0. The monoisotopic (exact) mass is 966 g/mol. The second kappa shape index (κ2) is 45.0. The predicted octanol–water partition coefficient (Wildman–Crippen LogP) is -1.14. The van der Waals surface area contributed by atoms with E-state index < -0.39 is 0 Å². The zero-order valence-corrected chi connectivity index (χ0v) is 24.1. The minimum absolute atomic E-state index is 0. The third-order valence-electron chi connectivity index (χ3n) is 0. The van der Waals surface area contributed by atoms with Gasteiger partial charge in [-0.1, -0.05) is 0 Å². The van der Waals surface area contributed by atoms with Crippen molar-refractivity contribution in [1.29, 1.82) is 0 Å². The molecule has 8 heteroatoms. The summed E-state index contributed by atoms with van der Waals surface area (Å²) in [4.78, 5) is 0. The van der Waals surface area contributed by atoms with Gasteiger partial charge in [-0.3, -0.25) is 0 Å². The maximum atomic E-state index is 0. The van der Waals surface area contributed by atoms with Crippen LogP contribution in [0.2, 0.25) is 0 Å². The summed E-state index contributed by atoms with van der Waals surface area (Å²) in [6, 6.07) is 0. The summed E-state index contributed by atoms with van der Waals surface area (Å²) in [5.74, 6) is 0. The van der Waals surface area contributed by atoms with E-state index in [0.717, 1.165) is 0 Å². The quantitative estimate of drug-likeness (QED) is 0.270. The Morgan fingerprint density at radius 3 is 0.250 bits per heavy atom. The molecule has 0 saturated carbocycles. The van der Waals surface area contributed by atoms with E-state index in [1.54, 1.807) is 0 Å². The molecule has 8 heavy (non-hydrogen) atoms. The smallest absolute Gasteiger partial charge is 0 e. The fraction of sp³-hybridized carbons (Fsp3) is 0. The molecule has 0 amide bonds. The SMILES string of the molecule is [Ga].[Ga].[Ga].[Sm].[Sm].[Sm].[Sm].[Sm]. The first-order valence-electron chi connectivity index (χ1n) is 0. The average molecular weight is 961 g/mol. The van der Waals surface area contributed by atoms with Gasteiger partial charge in [-0.25, -0.2) is 0 Å². The Balaban J connectivity index is 0. The van der Waals surface area contributed by atoms with Gasteiger partial charge in [0.25, 0.3) is 0 Å². The second-order valence-electron chi connectivity index (χ2n) is 0. The van der Waals surface area contributed by atoms with E-state index in [9.17, 15) is 0 Å². The molecule has 0 saturated heterocycles. The maximum absolute atomic E-state index is 0. The molecule has 0 heterocycles. The van der Waals surface area contributed by atoms with E-state index in [2.05, 4.69) is 0 Å². The summed E-state index contributed by atoms with van der Waals surface area (Å²) in [6.07, 6.45) is 0. The van der Waals surface area contributed by atoms with Gasteiger partial charge in [0.05, 0.1) is 0 Å². The molecule has 0 N–H and O–H groups in total. The van der Waals surface area contributed by atoms with Crippen molar-refractivity contribution in [2.24, 2.45) is 0 Å². The third kappa shape index (κ3) is 36.5. The molecule has 0 fully saturated rings. The molecule has 0 unspecified atom stereocenters. The van der Waals surface area contributed by atoms with E-state index in [4.69, 9.17) is 0 Å². The van der Waals surface area contributed by atoms with E-state index in [-0.39, 0.29) is 261 Å². The second-order valence-corrected chi connectivity index (χ2v) is 0. The molecule has 0 aliphatic carbocycles. The Kier molecular flexibility index (Phi) is 307. The molecular weight excluding hydrogens is 961 g/mol. The molecular formula is Ga3Sm5. The van der Waals surface area contributed by atoms with Crippen LogP contribution < -0.4 is 0 Å². The summed E-state index contributed by atoms with van der Waals surface area (Å²) < 4.78 is 0. The average Bonchev–Trinajstić information content (AvgIpc) is 0. The zero-order valence-electron chi connectivity index (χ0n) is 3.77. The van der Waals surface area contributed by atoms with Crippen LogP contribution in [0.15, 0.2) is 0 Å². The largest absolute Gasteiger partial charge is 0 e. The summed E-state index contributed by atoms with van der Waals surface area (Å²) in [5.41, 5.74) is 0. The molecule has 39 valence electrons. The van der Waals surface area contributed by atoms with Crippen molar-refractivity contribution in [1.82, 2.24) is 0 Å². The molecule has 0 nitrogen and oxygen atoms in total. The molecule has 0 aromatic carbocycles. The van der Waals surface area contributed by atoms with E-state index in [0.29, 0.717) is 0 Å². The molecule has 0 spiro atoms. The van der Waals surface area contributed by atoms with Crippen LogP contribution in [0, 0.1) is 202 Å². The Hall–Kier alpha value is 8.60. The zero-order chi connectivity index (χ0) is 0. The van der Waals surface area contributed by atoms with Crippen molar-refractivity contribution < 1.29 is 202 Å². The van der Waals surface area contributed by atoms with Gasteiger partial charge < -0.3 is 0 Å². The topological polar surface area (TPSA) is 0 Å². The molecule has 0 aliphatic rings. The van der Waals surface area contributed by atoms with Crippen LogP contribution in [0.3, 0.4) is 0 Å². The van der Waals surface area contributed by atoms with Crippen LogP contribution in [0.25, 0.3) is 0 Å². The summed E-state index contributed by atoms with van der Waals surface area (Å²) in [5, 5.41) is 0. The maximum Gasteiger partial charge on any atom is 0 e. The van der Waals surface area contributed by atoms with E-state index in [1.807, 2.05) is 0 Å². The standard InChI is InChI=1S/3Ga.5Sm. The molecule has 0 aliphatic heterocycles. The fourth-order valence-corrected chi connectivity index (χ4v) is 0. The fourth-order valence-electron chi connectivity index (χ4n) is 0. The first-order chi connectivity index (χ1) is 0. The van der Waals surface area contributed by atoms with E-state index >= 15 is 0 Å². The van der Waals surface area contributed by atoms with Crippen molar-refractivity contribution in [2.45, 2.75) is 0 Å². The Morgan fingerprint density at radius 1 is 0.250 bits per heavy atom. The van der Waals surface area contributed by atoms with Gasteiger partial charge in [0.2, 0.25) is 0 Å². The van der Waals surface area contributed by atoms with Gasteiger partial charge in [0, 0.05) is 261 Å². The third-order valence-corrected chi connectivity index (χ3v) is 0. The molecule has 0 bridgehead atoms. The number of rotatable bonds is 0. The van der Waals surface area contributed by atoms with Gasteiger partial charge in [-0.2, -0.15) is 0 Å². The van der Waals surface area contributed by atoms with Crippen LogP contribution in [0.5, 0.6) is 0 Å². The first kappa shape index (κ1) is 54.6. The van der Waals surface area contributed by atoms with Crippen molar-refractivity contribution in [3.63, 3.8) is 0 Å². The van der Waals surface area contributed by atoms with Crippen molar-refractivity contribution in [2.75, 3.05) is 0 Å². The van der Waals surface area contributed by atoms with Gasteiger partial charge >= 0.3 is 0 Å². The molecule has 0 aromatic rings. The summed E-state index contributed by atoms with van der Waals surface area (Å²) in [6.45, 7) is 0. The van der Waals surface area contributed by atoms with Crippen molar-refractivity contribution >= 4 is 59.4 Å². The molecule has 9 radical (unpaired) electrons. The van der Waals surface area contributed by atoms with Gasteiger partial charge in [-0.15, -0.1) is 0 Å². The Morgan fingerprint density at radius 2 is 0.250 bits per heavy atom. The molecule has 0 atom stereocenters. The van der Waals surface area contributed by atoms with Crippen LogP contribution in [0.4, 0.5) is 0 Å². The van der Waals surface area contributed by atoms with Crippen LogP contribution >= 0.6 is 0 Å². The summed E-state index contributed by atoms with van der Waals surface area (Å²) in [7, 11) is 0. The molecule has 0 rings (SSSR count). The van der Waals surface area contributed by atoms with Crippen molar-refractivity contribution in [3.8, 4) is 0 Å². The summed E-state index contributed by atoms with van der Waals surface area (Å²) >= 11 is 0. The number of hydrogen-bond acceptors (Lipinski definition) is 0. The predicted molar refractivity (Wildman–Crippen MR) is 17.3 cm³/mol. The van der Waals surface area contributed by atoms with Gasteiger partial charge in [-0.05, 0) is 0 Å². The Bertz CT molecular complexity index is 7.64. The van der Waals surface area contributed by atoms with Gasteiger partial charge in [0.1, 0.15) is 0 Å². The minimum Gasteiger partial charge on any atom is 0 e. The first-order valence-corrected chi connectivity index (χ1v) is 0. The van der Waals surface area contributed by atoms with Crippen LogP contribution in [-0.4, -0.2) is 59.4 Å².